The van der Waals surface area contributed by atoms with Crippen LogP contribution in [0.4, 0.5) is 0 Å². The Kier molecular flexibility index (Phi) is 4.96. The van der Waals surface area contributed by atoms with Gasteiger partial charge in [-0.2, -0.15) is 11.8 Å². The summed E-state index contributed by atoms with van der Waals surface area (Å²) in [6.07, 6.45) is 5.27. The summed E-state index contributed by atoms with van der Waals surface area (Å²) in [4.78, 5) is 14.3. The van der Waals surface area contributed by atoms with Crippen LogP contribution in [0.1, 0.15) is 46.5 Å². The lowest BCUT2D eigenvalue weighted by atomic mass is 10.1. The van der Waals surface area contributed by atoms with Crippen LogP contribution in [-0.4, -0.2) is 40.6 Å². The summed E-state index contributed by atoms with van der Waals surface area (Å²) in [5, 5.41) is 4.10. The van der Waals surface area contributed by atoms with Crippen LogP contribution < -0.4 is 5.32 Å². The van der Waals surface area contributed by atoms with Gasteiger partial charge >= 0.3 is 0 Å². The topological polar surface area (TPSA) is 32.3 Å². The molecule has 0 aromatic carbocycles. The van der Waals surface area contributed by atoms with Crippen LogP contribution >= 0.6 is 11.8 Å². The van der Waals surface area contributed by atoms with Crippen LogP contribution in [0, 0.1) is 5.92 Å². The first-order chi connectivity index (χ1) is 8.58. The Hall–Kier alpha value is -0.220. The van der Waals surface area contributed by atoms with E-state index in [1.807, 2.05) is 6.92 Å². The van der Waals surface area contributed by atoms with E-state index in [0.29, 0.717) is 17.1 Å². The van der Waals surface area contributed by atoms with Gasteiger partial charge in [0.05, 0.1) is 12.2 Å². The molecule has 0 radical (unpaired) electrons. The maximum Gasteiger partial charge on any atom is 0.240 e. The summed E-state index contributed by atoms with van der Waals surface area (Å²) in [5.41, 5.74) is 0. The summed E-state index contributed by atoms with van der Waals surface area (Å²) < 4.78 is 0. The lowest BCUT2D eigenvalue weighted by Gasteiger charge is -2.31. The number of carbonyl (C=O) groups excluding carboxylic acids is 1. The molecule has 3 unspecified atom stereocenters. The summed E-state index contributed by atoms with van der Waals surface area (Å²) >= 11 is 2.05. The summed E-state index contributed by atoms with van der Waals surface area (Å²) in [5.74, 6) is 2.19. The zero-order chi connectivity index (χ0) is 13.1. The molecule has 2 fully saturated rings. The fraction of sp³-hybridized carbons (Fsp3) is 0.929. The van der Waals surface area contributed by atoms with Gasteiger partial charge in [-0.15, -0.1) is 0 Å². The van der Waals surface area contributed by atoms with Crippen molar-refractivity contribution < 1.29 is 4.79 Å². The van der Waals surface area contributed by atoms with Crippen LogP contribution in [0.5, 0.6) is 0 Å². The predicted octanol–water partition coefficient (Wildman–Crippen LogP) is 2.46. The lowest BCUT2D eigenvalue weighted by molar-refractivity contribution is -0.129. The molecule has 1 N–H and O–H groups in total. The first-order valence-electron chi connectivity index (χ1n) is 7.26. The SMILES string of the molecule is CC(C)CC1NC(C)C(=O)N1CC1CCCCS1. The molecule has 0 aliphatic carbocycles. The average molecular weight is 270 g/mol. The number of nitrogens with one attached hydrogen (secondary N) is 1. The number of carbonyl (C=O) groups is 1. The quantitative estimate of drug-likeness (QED) is 0.852. The minimum absolute atomic E-state index is 0.00217. The fourth-order valence-corrected chi connectivity index (χ4v) is 4.19. The van der Waals surface area contributed by atoms with Gasteiger partial charge in [-0.3, -0.25) is 10.1 Å². The van der Waals surface area contributed by atoms with E-state index in [9.17, 15) is 4.79 Å². The van der Waals surface area contributed by atoms with Gasteiger partial charge in [0, 0.05) is 11.8 Å². The largest absolute Gasteiger partial charge is 0.325 e. The van der Waals surface area contributed by atoms with Crippen LogP contribution in [0.3, 0.4) is 0 Å². The minimum atomic E-state index is 0.00217. The monoisotopic (exact) mass is 270 g/mol. The smallest absolute Gasteiger partial charge is 0.240 e. The molecule has 2 rings (SSSR count). The van der Waals surface area contributed by atoms with E-state index in [0.717, 1.165) is 13.0 Å². The van der Waals surface area contributed by atoms with E-state index in [4.69, 9.17) is 0 Å². The van der Waals surface area contributed by atoms with Crippen LogP contribution in [0.2, 0.25) is 0 Å². The number of hydrogen-bond acceptors (Lipinski definition) is 3. The van der Waals surface area contributed by atoms with E-state index in [2.05, 4.69) is 35.8 Å². The van der Waals surface area contributed by atoms with E-state index in [1.54, 1.807) is 0 Å². The first kappa shape index (κ1) is 14.2. The second-order valence-corrected chi connectivity index (χ2v) is 7.42. The number of thioether (sulfide) groups is 1. The highest BCUT2D eigenvalue weighted by Gasteiger charge is 2.37. The van der Waals surface area contributed by atoms with Crippen molar-refractivity contribution >= 4 is 17.7 Å². The molecule has 18 heavy (non-hydrogen) atoms. The molecule has 104 valence electrons. The Morgan fingerprint density at radius 3 is 2.83 bits per heavy atom. The highest BCUT2D eigenvalue weighted by molar-refractivity contribution is 7.99. The highest BCUT2D eigenvalue weighted by Crippen LogP contribution is 2.28. The molecule has 0 aromatic heterocycles. The third-order valence-corrected chi connectivity index (χ3v) is 5.22. The first-order valence-corrected chi connectivity index (χ1v) is 8.31. The fourth-order valence-electron chi connectivity index (χ4n) is 2.88. The van der Waals surface area contributed by atoms with E-state index < -0.39 is 0 Å². The van der Waals surface area contributed by atoms with Gasteiger partial charge in [0.25, 0.3) is 0 Å². The van der Waals surface area contributed by atoms with Gasteiger partial charge in [-0.25, -0.2) is 0 Å². The van der Waals surface area contributed by atoms with E-state index in [-0.39, 0.29) is 12.2 Å². The Morgan fingerprint density at radius 1 is 1.44 bits per heavy atom. The second-order valence-electron chi connectivity index (χ2n) is 6.01. The third-order valence-electron chi connectivity index (χ3n) is 3.84. The van der Waals surface area contributed by atoms with Gasteiger partial charge in [-0.05, 0) is 37.9 Å². The molecule has 2 heterocycles. The van der Waals surface area contributed by atoms with Gasteiger partial charge in [-0.1, -0.05) is 20.3 Å². The average Bonchev–Trinajstić information content (AvgIpc) is 2.58. The van der Waals surface area contributed by atoms with Crippen LogP contribution in [0.25, 0.3) is 0 Å². The third kappa shape index (κ3) is 3.41. The normalized spacial score (nSPS) is 33.4. The molecule has 2 saturated heterocycles. The molecule has 0 aromatic rings. The molecule has 4 heteroatoms. The highest BCUT2D eigenvalue weighted by atomic mass is 32.2. The lowest BCUT2D eigenvalue weighted by Crippen LogP contribution is -2.42. The van der Waals surface area contributed by atoms with Crippen molar-refractivity contribution in [3.05, 3.63) is 0 Å². The maximum absolute atomic E-state index is 12.2. The van der Waals surface area contributed by atoms with Crippen molar-refractivity contribution in [1.29, 1.82) is 0 Å². The van der Waals surface area contributed by atoms with Crippen LogP contribution in [-0.2, 0) is 4.79 Å². The van der Waals surface area contributed by atoms with Gasteiger partial charge in [0.2, 0.25) is 5.91 Å². The molecule has 3 nitrogen and oxygen atoms in total. The molecule has 0 spiro atoms. The van der Waals surface area contributed by atoms with Crippen LogP contribution in [0.15, 0.2) is 0 Å². The van der Waals surface area contributed by atoms with Crippen molar-refractivity contribution in [1.82, 2.24) is 10.2 Å². The molecular weight excluding hydrogens is 244 g/mol. The Morgan fingerprint density at radius 2 is 2.22 bits per heavy atom. The molecule has 0 saturated carbocycles. The number of amides is 1. The summed E-state index contributed by atoms with van der Waals surface area (Å²) in [6.45, 7) is 7.38. The molecule has 0 bridgehead atoms. The molecular formula is C14H26N2OS. The molecule has 1 amide bonds. The Balaban J connectivity index is 1.95. The molecule has 2 aliphatic rings. The van der Waals surface area contributed by atoms with Gasteiger partial charge < -0.3 is 4.90 Å². The zero-order valence-electron chi connectivity index (χ0n) is 11.8. The second kappa shape index (κ2) is 6.29. The number of nitrogens with zero attached hydrogens (tertiary/aromatic N) is 1. The zero-order valence-corrected chi connectivity index (χ0v) is 12.6. The van der Waals surface area contributed by atoms with Gasteiger partial charge in [0.1, 0.15) is 0 Å². The maximum atomic E-state index is 12.2. The minimum Gasteiger partial charge on any atom is -0.325 e. The number of hydrogen-bond donors (Lipinski definition) is 1. The molecule has 3 atom stereocenters. The number of rotatable bonds is 4. The van der Waals surface area contributed by atoms with Gasteiger partial charge in [0.15, 0.2) is 0 Å². The Bertz CT molecular complexity index is 290. The molecule has 2 aliphatic heterocycles. The van der Waals surface area contributed by atoms with Crippen molar-refractivity contribution in [2.24, 2.45) is 5.92 Å². The van der Waals surface area contributed by atoms with Crippen molar-refractivity contribution in [2.75, 3.05) is 12.3 Å². The van der Waals surface area contributed by atoms with Crippen molar-refractivity contribution in [3.63, 3.8) is 0 Å². The Labute approximate surface area is 115 Å². The summed E-state index contributed by atoms with van der Waals surface area (Å²) in [7, 11) is 0. The van der Waals surface area contributed by atoms with Crippen molar-refractivity contribution in [3.8, 4) is 0 Å². The van der Waals surface area contributed by atoms with E-state index >= 15 is 0 Å². The summed E-state index contributed by atoms with van der Waals surface area (Å²) in [6, 6.07) is 0.00217. The predicted molar refractivity (Wildman–Crippen MR) is 77.7 cm³/mol. The standard InChI is InChI=1S/C14H26N2OS/c1-10(2)8-13-15-11(3)14(17)16(13)9-12-6-4-5-7-18-12/h10-13,15H,4-9H2,1-3H3. The van der Waals surface area contributed by atoms with E-state index in [1.165, 1.54) is 25.0 Å². The van der Waals surface area contributed by atoms with Crippen molar-refractivity contribution in [2.45, 2.75) is 63.9 Å².